The van der Waals surface area contributed by atoms with Crippen molar-refractivity contribution in [3.63, 3.8) is 0 Å². The first-order valence-electron chi connectivity index (χ1n) is 4.00. The topological polar surface area (TPSA) is 12.0 Å². The van der Waals surface area contributed by atoms with E-state index in [4.69, 9.17) is 0 Å². The summed E-state index contributed by atoms with van der Waals surface area (Å²) in [5.74, 6) is 0. The van der Waals surface area contributed by atoms with E-state index in [1.165, 1.54) is 16.0 Å². The van der Waals surface area contributed by atoms with E-state index < -0.39 is 0 Å². The summed E-state index contributed by atoms with van der Waals surface area (Å²) in [6.45, 7) is 8.58. The highest BCUT2D eigenvalue weighted by Gasteiger charge is 2.01. The van der Waals surface area contributed by atoms with Gasteiger partial charge in [-0.05, 0) is 36.9 Å². The predicted molar refractivity (Wildman–Crippen MR) is 51.2 cm³/mol. The Labute approximate surface area is 72.4 Å². The van der Waals surface area contributed by atoms with Crippen LogP contribution in [0.1, 0.15) is 22.9 Å². The molecule has 1 aromatic rings. The van der Waals surface area contributed by atoms with Crippen LogP contribution in [0.2, 0.25) is 0 Å². The lowest BCUT2D eigenvalue weighted by Gasteiger charge is -1.99. The van der Waals surface area contributed by atoms with Crippen molar-refractivity contribution >= 4 is 11.3 Å². The van der Waals surface area contributed by atoms with Crippen LogP contribution < -0.4 is 5.32 Å². The van der Waals surface area contributed by atoms with Gasteiger partial charge < -0.3 is 5.32 Å². The molecule has 0 saturated carbocycles. The number of hydrogen-bond donors (Lipinski definition) is 1. The van der Waals surface area contributed by atoms with Gasteiger partial charge in [-0.15, -0.1) is 11.3 Å². The fourth-order valence-corrected chi connectivity index (χ4v) is 1.99. The molecule has 0 amide bonds. The number of hydrogen-bond acceptors (Lipinski definition) is 2. The minimum absolute atomic E-state index is 1.03. The van der Waals surface area contributed by atoms with Crippen molar-refractivity contribution in [2.24, 2.45) is 0 Å². The van der Waals surface area contributed by atoms with Gasteiger partial charge in [0, 0.05) is 11.4 Å². The monoisotopic (exact) mass is 169 g/mol. The minimum atomic E-state index is 1.03. The Balaban J connectivity index is 2.63. The summed E-state index contributed by atoms with van der Waals surface area (Å²) in [4.78, 5) is 1.48. The number of aryl methyl sites for hydroxylation is 1. The van der Waals surface area contributed by atoms with Gasteiger partial charge in [-0.25, -0.2) is 0 Å². The quantitative estimate of drug-likeness (QED) is 0.733. The largest absolute Gasteiger partial charge is 0.312 e. The molecule has 11 heavy (non-hydrogen) atoms. The first-order valence-corrected chi connectivity index (χ1v) is 4.88. The predicted octanol–water partition coefficient (Wildman–Crippen LogP) is 2.47. The number of thiophene rings is 1. The molecule has 1 heterocycles. The Bertz CT molecular complexity index is 227. The fraction of sp³-hybridized carbons (Fsp3) is 0.556. The molecule has 0 aliphatic rings. The zero-order valence-electron chi connectivity index (χ0n) is 7.40. The van der Waals surface area contributed by atoms with Crippen LogP contribution in [0.15, 0.2) is 5.38 Å². The first kappa shape index (κ1) is 8.75. The van der Waals surface area contributed by atoms with E-state index in [-0.39, 0.29) is 0 Å². The second-order valence-corrected chi connectivity index (χ2v) is 3.71. The van der Waals surface area contributed by atoms with E-state index in [9.17, 15) is 0 Å². The second kappa shape index (κ2) is 3.88. The molecule has 0 radical (unpaired) electrons. The molecule has 0 aliphatic carbocycles. The van der Waals surface area contributed by atoms with Gasteiger partial charge in [0.05, 0.1) is 0 Å². The Kier molecular flexibility index (Phi) is 3.09. The molecule has 62 valence electrons. The molecule has 1 aromatic heterocycles. The smallest absolute Gasteiger partial charge is 0.0302 e. The highest BCUT2D eigenvalue weighted by atomic mass is 32.1. The maximum atomic E-state index is 3.33. The summed E-state index contributed by atoms with van der Waals surface area (Å²) in [5, 5.41) is 5.55. The lowest BCUT2D eigenvalue weighted by Crippen LogP contribution is -2.11. The van der Waals surface area contributed by atoms with Gasteiger partial charge in [0.15, 0.2) is 0 Å². The van der Waals surface area contributed by atoms with Gasteiger partial charge in [-0.2, -0.15) is 0 Å². The fourth-order valence-electron chi connectivity index (χ4n) is 0.969. The van der Waals surface area contributed by atoms with Gasteiger partial charge >= 0.3 is 0 Å². The lowest BCUT2D eigenvalue weighted by atomic mass is 10.2. The molecule has 0 spiro atoms. The van der Waals surface area contributed by atoms with Crippen molar-refractivity contribution in [1.29, 1.82) is 0 Å². The standard InChI is InChI=1S/C9H15NS/c1-4-10-5-9-8(3)7(2)6-11-9/h6,10H,4-5H2,1-3H3. The molecule has 1 nitrogen and oxygen atoms in total. The third-order valence-electron chi connectivity index (χ3n) is 1.92. The van der Waals surface area contributed by atoms with Crippen LogP contribution in [0.25, 0.3) is 0 Å². The van der Waals surface area contributed by atoms with Crippen LogP contribution in [0.3, 0.4) is 0 Å². The molecule has 0 aromatic carbocycles. The third kappa shape index (κ3) is 2.04. The van der Waals surface area contributed by atoms with E-state index in [2.05, 4.69) is 31.5 Å². The van der Waals surface area contributed by atoms with Gasteiger partial charge in [-0.3, -0.25) is 0 Å². The van der Waals surface area contributed by atoms with Crippen LogP contribution >= 0.6 is 11.3 Å². The van der Waals surface area contributed by atoms with Crippen LogP contribution in [-0.4, -0.2) is 6.54 Å². The summed E-state index contributed by atoms with van der Waals surface area (Å²) in [6.07, 6.45) is 0. The van der Waals surface area contributed by atoms with Crippen LogP contribution in [-0.2, 0) is 6.54 Å². The van der Waals surface area contributed by atoms with E-state index in [0.29, 0.717) is 0 Å². The normalized spacial score (nSPS) is 10.5. The third-order valence-corrected chi connectivity index (χ3v) is 3.13. The number of nitrogens with one attached hydrogen (secondary N) is 1. The maximum Gasteiger partial charge on any atom is 0.0302 e. The Hall–Kier alpha value is -0.340. The van der Waals surface area contributed by atoms with Crippen molar-refractivity contribution in [3.05, 3.63) is 21.4 Å². The zero-order valence-corrected chi connectivity index (χ0v) is 8.22. The molecule has 0 unspecified atom stereocenters. The SMILES string of the molecule is CCNCc1scc(C)c1C. The summed E-state index contributed by atoms with van der Waals surface area (Å²) in [5.41, 5.74) is 2.87. The van der Waals surface area contributed by atoms with Crippen LogP contribution in [0.5, 0.6) is 0 Å². The van der Waals surface area contributed by atoms with Gasteiger partial charge in [0.2, 0.25) is 0 Å². The zero-order chi connectivity index (χ0) is 8.27. The Morgan fingerprint density at radius 2 is 2.18 bits per heavy atom. The molecule has 1 rings (SSSR count). The van der Waals surface area contributed by atoms with Gasteiger partial charge in [0.25, 0.3) is 0 Å². The van der Waals surface area contributed by atoms with Crippen molar-refractivity contribution in [2.75, 3.05) is 6.54 Å². The molecular weight excluding hydrogens is 154 g/mol. The highest BCUT2D eigenvalue weighted by Crippen LogP contribution is 2.20. The van der Waals surface area contributed by atoms with Crippen molar-refractivity contribution < 1.29 is 0 Å². The summed E-state index contributed by atoms with van der Waals surface area (Å²) >= 11 is 1.85. The van der Waals surface area contributed by atoms with E-state index >= 15 is 0 Å². The molecular formula is C9H15NS. The summed E-state index contributed by atoms with van der Waals surface area (Å²) in [6, 6.07) is 0. The molecule has 1 N–H and O–H groups in total. The van der Waals surface area contributed by atoms with Gasteiger partial charge in [0.1, 0.15) is 0 Å². The highest BCUT2D eigenvalue weighted by molar-refractivity contribution is 7.10. The van der Waals surface area contributed by atoms with Crippen molar-refractivity contribution in [1.82, 2.24) is 5.32 Å². The molecule has 0 fully saturated rings. The molecule has 2 heteroatoms. The maximum absolute atomic E-state index is 3.33. The Morgan fingerprint density at radius 1 is 1.45 bits per heavy atom. The van der Waals surface area contributed by atoms with Crippen LogP contribution in [0.4, 0.5) is 0 Å². The van der Waals surface area contributed by atoms with E-state index in [1.54, 1.807) is 0 Å². The Morgan fingerprint density at radius 3 is 2.64 bits per heavy atom. The lowest BCUT2D eigenvalue weighted by molar-refractivity contribution is 0.732. The molecule has 0 saturated heterocycles. The minimum Gasteiger partial charge on any atom is -0.312 e. The molecule has 0 atom stereocenters. The van der Waals surface area contributed by atoms with Crippen molar-refractivity contribution in [3.8, 4) is 0 Å². The number of rotatable bonds is 3. The average molecular weight is 169 g/mol. The van der Waals surface area contributed by atoms with E-state index in [0.717, 1.165) is 13.1 Å². The van der Waals surface area contributed by atoms with E-state index in [1.807, 2.05) is 11.3 Å². The van der Waals surface area contributed by atoms with Gasteiger partial charge in [-0.1, -0.05) is 6.92 Å². The second-order valence-electron chi connectivity index (χ2n) is 2.75. The summed E-state index contributed by atoms with van der Waals surface area (Å²) < 4.78 is 0. The molecule has 0 aliphatic heterocycles. The average Bonchev–Trinajstić information content (AvgIpc) is 2.31. The van der Waals surface area contributed by atoms with Crippen molar-refractivity contribution in [2.45, 2.75) is 27.3 Å². The van der Waals surface area contributed by atoms with Crippen LogP contribution in [0, 0.1) is 13.8 Å². The summed E-state index contributed by atoms with van der Waals surface area (Å²) in [7, 11) is 0. The first-order chi connectivity index (χ1) is 5.25. The molecule has 0 bridgehead atoms.